The standard InChI is InChI=1S/C15H22N2/c1-2-6-15(12-5-3-9-16-10-12)13(4-1)11-17-14-7-8-14/h3,5,9-10,13-15,17H,1-2,4,6-8,11H2. The van der Waals surface area contributed by atoms with Crippen molar-refractivity contribution < 1.29 is 0 Å². The second-order valence-corrected chi connectivity index (χ2v) is 5.62. The Labute approximate surface area is 104 Å². The predicted molar refractivity (Wildman–Crippen MR) is 70.0 cm³/mol. The number of rotatable bonds is 4. The fourth-order valence-electron chi connectivity index (χ4n) is 3.09. The van der Waals surface area contributed by atoms with Crippen LogP contribution in [0, 0.1) is 5.92 Å². The molecule has 2 heteroatoms. The van der Waals surface area contributed by atoms with Crippen LogP contribution in [0.25, 0.3) is 0 Å². The Morgan fingerprint density at radius 1 is 1.18 bits per heavy atom. The summed E-state index contributed by atoms with van der Waals surface area (Å²) in [4.78, 5) is 4.28. The molecule has 2 saturated carbocycles. The van der Waals surface area contributed by atoms with E-state index >= 15 is 0 Å². The molecular formula is C15H22N2. The summed E-state index contributed by atoms with van der Waals surface area (Å²) in [5.74, 6) is 1.57. The molecule has 0 radical (unpaired) electrons. The normalized spacial score (nSPS) is 29.2. The minimum Gasteiger partial charge on any atom is -0.314 e. The van der Waals surface area contributed by atoms with Crippen LogP contribution in [0.5, 0.6) is 0 Å². The van der Waals surface area contributed by atoms with Gasteiger partial charge < -0.3 is 5.32 Å². The number of hydrogen-bond acceptors (Lipinski definition) is 2. The number of nitrogens with zero attached hydrogens (tertiary/aromatic N) is 1. The molecular weight excluding hydrogens is 208 g/mol. The second-order valence-electron chi connectivity index (χ2n) is 5.62. The first-order chi connectivity index (χ1) is 8.43. The zero-order chi connectivity index (χ0) is 11.5. The Bertz CT molecular complexity index is 345. The van der Waals surface area contributed by atoms with E-state index in [1.54, 1.807) is 0 Å². The van der Waals surface area contributed by atoms with Gasteiger partial charge >= 0.3 is 0 Å². The van der Waals surface area contributed by atoms with Crippen molar-refractivity contribution in [2.24, 2.45) is 5.92 Å². The van der Waals surface area contributed by atoms with Crippen LogP contribution in [0.2, 0.25) is 0 Å². The first kappa shape index (κ1) is 11.2. The summed E-state index contributed by atoms with van der Waals surface area (Å²) >= 11 is 0. The highest BCUT2D eigenvalue weighted by Crippen LogP contribution is 2.37. The highest BCUT2D eigenvalue weighted by Gasteiger charge is 2.28. The molecule has 1 aromatic heterocycles. The van der Waals surface area contributed by atoms with Gasteiger partial charge in [-0.15, -0.1) is 0 Å². The third kappa shape index (κ3) is 2.86. The smallest absolute Gasteiger partial charge is 0.0302 e. The van der Waals surface area contributed by atoms with Crippen LogP contribution in [-0.2, 0) is 0 Å². The van der Waals surface area contributed by atoms with Crippen LogP contribution in [0.15, 0.2) is 24.5 Å². The zero-order valence-electron chi connectivity index (χ0n) is 10.4. The molecule has 1 N–H and O–H groups in total. The summed E-state index contributed by atoms with van der Waals surface area (Å²) in [6, 6.07) is 5.18. The van der Waals surface area contributed by atoms with Gasteiger partial charge in [0.15, 0.2) is 0 Å². The molecule has 17 heavy (non-hydrogen) atoms. The summed E-state index contributed by atoms with van der Waals surface area (Å²) in [7, 11) is 0. The van der Waals surface area contributed by atoms with Gasteiger partial charge in [-0.25, -0.2) is 0 Å². The lowest BCUT2D eigenvalue weighted by molar-refractivity contribution is 0.294. The molecule has 0 aliphatic heterocycles. The number of hydrogen-bond donors (Lipinski definition) is 1. The van der Waals surface area contributed by atoms with E-state index in [9.17, 15) is 0 Å². The van der Waals surface area contributed by atoms with Crippen molar-refractivity contribution in [3.05, 3.63) is 30.1 Å². The molecule has 0 bridgehead atoms. The van der Waals surface area contributed by atoms with Crippen molar-refractivity contribution in [3.8, 4) is 0 Å². The van der Waals surface area contributed by atoms with Gasteiger partial charge in [0, 0.05) is 18.4 Å². The summed E-state index contributed by atoms with van der Waals surface area (Å²) in [5, 5.41) is 3.71. The molecule has 0 saturated heterocycles. The van der Waals surface area contributed by atoms with Gasteiger partial charge in [-0.1, -0.05) is 18.9 Å². The number of nitrogens with one attached hydrogen (secondary N) is 1. The van der Waals surface area contributed by atoms with Crippen LogP contribution >= 0.6 is 0 Å². The van der Waals surface area contributed by atoms with Crippen molar-refractivity contribution in [1.29, 1.82) is 0 Å². The van der Waals surface area contributed by atoms with Crippen molar-refractivity contribution in [3.63, 3.8) is 0 Å². The first-order valence-electron chi connectivity index (χ1n) is 7.07. The van der Waals surface area contributed by atoms with Crippen LogP contribution in [0.3, 0.4) is 0 Å². The van der Waals surface area contributed by atoms with Gasteiger partial charge in [-0.05, 0) is 55.7 Å². The van der Waals surface area contributed by atoms with E-state index in [0.29, 0.717) is 0 Å². The third-order valence-electron chi connectivity index (χ3n) is 4.27. The fraction of sp³-hybridized carbons (Fsp3) is 0.667. The van der Waals surface area contributed by atoms with E-state index in [1.807, 2.05) is 6.20 Å². The number of aromatic nitrogens is 1. The average Bonchev–Trinajstić information content (AvgIpc) is 3.22. The molecule has 1 heterocycles. The topological polar surface area (TPSA) is 24.9 Å². The van der Waals surface area contributed by atoms with Crippen LogP contribution in [-0.4, -0.2) is 17.6 Å². The predicted octanol–water partition coefficient (Wildman–Crippen LogP) is 3.11. The molecule has 1 aromatic rings. The third-order valence-corrected chi connectivity index (χ3v) is 4.27. The van der Waals surface area contributed by atoms with E-state index in [-0.39, 0.29) is 0 Å². The SMILES string of the molecule is c1cncc(C2CCCCC2CNC2CC2)c1. The molecule has 3 rings (SSSR count). The lowest BCUT2D eigenvalue weighted by atomic mass is 9.76. The average molecular weight is 230 g/mol. The monoisotopic (exact) mass is 230 g/mol. The van der Waals surface area contributed by atoms with Gasteiger partial charge in [0.2, 0.25) is 0 Å². The molecule has 2 aliphatic rings. The van der Waals surface area contributed by atoms with E-state index in [2.05, 4.69) is 28.6 Å². The molecule has 0 spiro atoms. The van der Waals surface area contributed by atoms with E-state index in [1.165, 1.54) is 50.6 Å². The highest BCUT2D eigenvalue weighted by molar-refractivity contribution is 5.16. The Balaban J connectivity index is 1.66. The maximum Gasteiger partial charge on any atom is 0.0302 e. The van der Waals surface area contributed by atoms with Crippen molar-refractivity contribution in [2.45, 2.75) is 50.5 Å². The van der Waals surface area contributed by atoms with Gasteiger partial charge in [-0.3, -0.25) is 4.98 Å². The Hall–Kier alpha value is -0.890. The van der Waals surface area contributed by atoms with E-state index < -0.39 is 0 Å². The van der Waals surface area contributed by atoms with Crippen LogP contribution in [0.1, 0.15) is 50.0 Å². The quantitative estimate of drug-likeness (QED) is 0.859. The zero-order valence-corrected chi connectivity index (χ0v) is 10.4. The minimum atomic E-state index is 0.740. The van der Waals surface area contributed by atoms with Crippen LogP contribution in [0.4, 0.5) is 0 Å². The summed E-state index contributed by atoms with van der Waals surface area (Å²) in [6.45, 7) is 1.21. The molecule has 0 amide bonds. The van der Waals surface area contributed by atoms with Crippen molar-refractivity contribution >= 4 is 0 Å². The molecule has 2 atom stereocenters. The molecule has 0 aromatic carbocycles. The van der Waals surface area contributed by atoms with Crippen molar-refractivity contribution in [1.82, 2.24) is 10.3 Å². The largest absolute Gasteiger partial charge is 0.314 e. The summed E-state index contributed by atoms with van der Waals surface area (Å²) in [5.41, 5.74) is 1.45. The highest BCUT2D eigenvalue weighted by atomic mass is 14.9. The van der Waals surface area contributed by atoms with Gasteiger partial charge in [0.05, 0.1) is 0 Å². The first-order valence-corrected chi connectivity index (χ1v) is 7.07. The van der Waals surface area contributed by atoms with Gasteiger partial charge in [-0.2, -0.15) is 0 Å². The lowest BCUT2D eigenvalue weighted by Crippen LogP contribution is -2.30. The maximum absolute atomic E-state index is 4.28. The number of pyridine rings is 1. The fourth-order valence-corrected chi connectivity index (χ4v) is 3.09. The van der Waals surface area contributed by atoms with Crippen molar-refractivity contribution in [2.75, 3.05) is 6.54 Å². The summed E-state index contributed by atoms with van der Waals surface area (Å²) < 4.78 is 0. The van der Waals surface area contributed by atoms with E-state index in [4.69, 9.17) is 0 Å². The van der Waals surface area contributed by atoms with E-state index in [0.717, 1.165) is 17.9 Å². The molecule has 2 nitrogen and oxygen atoms in total. The lowest BCUT2D eigenvalue weighted by Gasteiger charge is -2.32. The van der Waals surface area contributed by atoms with Gasteiger partial charge in [0.25, 0.3) is 0 Å². The molecule has 2 unspecified atom stereocenters. The Morgan fingerprint density at radius 3 is 2.82 bits per heavy atom. The molecule has 92 valence electrons. The molecule has 2 fully saturated rings. The second kappa shape index (κ2) is 5.18. The Kier molecular flexibility index (Phi) is 3.41. The summed E-state index contributed by atoms with van der Waals surface area (Å²) in [6.07, 6.45) is 12.3. The Morgan fingerprint density at radius 2 is 2.06 bits per heavy atom. The van der Waals surface area contributed by atoms with Crippen LogP contribution < -0.4 is 5.32 Å². The minimum absolute atomic E-state index is 0.740. The maximum atomic E-state index is 4.28. The van der Waals surface area contributed by atoms with Gasteiger partial charge in [0.1, 0.15) is 0 Å². The molecule has 2 aliphatic carbocycles.